The van der Waals surface area contributed by atoms with Crippen molar-refractivity contribution in [3.63, 3.8) is 0 Å². The van der Waals surface area contributed by atoms with E-state index in [9.17, 15) is 4.79 Å². The Morgan fingerprint density at radius 1 is 1.03 bits per heavy atom. The zero-order valence-electron chi connectivity index (χ0n) is 16.5. The zero-order valence-corrected chi connectivity index (χ0v) is 16.5. The maximum atomic E-state index is 13.2. The first kappa shape index (κ1) is 17.6. The van der Waals surface area contributed by atoms with Crippen LogP contribution >= 0.6 is 0 Å². The molecule has 0 atom stereocenters. The molecule has 0 bridgehead atoms. The molecule has 5 rings (SSSR count). The minimum Gasteiger partial charge on any atom is -0.321 e. The van der Waals surface area contributed by atoms with E-state index in [0.717, 1.165) is 29.6 Å². The van der Waals surface area contributed by atoms with Crippen LogP contribution in [0, 0.1) is 0 Å². The molecule has 1 N–H and O–H groups in total. The highest BCUT2D eigenvalue weighted by Crippen LogP contribution is 2.35. The van der Waals surface area contributed by atoms with Crippen molar-refractivity contribution in [2.24, 2.45) is 0 Å². The van der Waals surface area contributed by atoms with Gasteiger partial charge >= 0.3 is 0 Å². The van der Waals surface area contributed by atoms with Crippen molar-refractivity contribution in [3.05, 3.63) is 83.3 Å². The first-order chi connectivity index (χ1) is 14.1. The monoisotopic (exact) mass is 382 g/mol. The smallest absolute Gasteiger partial charge is 0.259 e. The van der Waals surface area contributed by atoms with E-state index in [0.29, 0.717) is 11.4 Å². The molecule has 0 spiro atoms. The molecule has 0 saturated carbocycles. The van der Waals surface area contributed by atoms with E-state index in [1.807, 2.05) is 24.3 Å². The lowest BCUT2D eigenvalue weighted by Crippen LogP contribution is -2.16. The van der Waals surface area contributed by atoms with Gasteiger partial charge in [0.2, 0.25) is 0 Å². The molecule has 0 unspecified atom stereocenters. The molecule has 2 aromatic heterocycles. The van der Waals surface area contributed by atoms with Gasteiger partial charge in [0.05, 0.1) is 17.5 Å². The van der Waals surface area contributed by atoms with E-state index in [-0.39, 0.29) is 11.8 Å². The Hall–Kier alpha value is -3.47. The topological polar surface area (TPSA) is 59.8 Å². The molecule has 144 valence electrons. The molecule has 0 radical (unpaired) electrons. The third kappa shape index (κ3) is 2.90. The number of rotatable bonds is 4. The third-order valence-electron chi connectivity index (χ3n) is 5.59. The summed E-state index contributed by atoms with van der Waals surface area (Å²) >= 11 is 0. The number of nitrogens with zero attached hydrogens (tertiary/aromatic N) is 3. The fraction of sp³-hybridized carbons (Fsp3) is 0.208. The molecule has 29 heavy (non-hydrogen) atoms. The van der Waals surface area contributed by atoms with Crippen LogP contribution in [0.4, 0.5) is 5.69 Å². The number of benzene rings is 2. The predicted molar refractivity (Wildman–Crippen MR) is 115 cm³/mol. The molecule has 0 fully saturated rings. The molecule has 1 aliphatic carbocycles. The third-order valence-corrected chi connectivity index (χ3v) is 5.59. The lowest BCUT2D eigenvalue weighted by Gasteiger charge is -2.13. The van der Waals surface area contributed by atoms with Crippen LogP contribution in [0.25, 0.3) is 16.6 Å². The number of aromatic nitrogens is 3. The van der Waals surface area contributed by atoms with Crippen LogP contribution in [0.3, 0.4) is 0 Å². The van der Waals surface area contributed by atoms with Crippen LogP contribution in [-0.4, -0.2) is 20.7 Å². The van der Waals surface area contributed by atoms with Crippen LogP contribution in [0.15, 0.2) is 60.9 Å². The number of hydrogen-bond acceptors (Lipinski definition) is 3. The molecule has 4 aromatic rings. The van der Waals surface area contributed by atoms with Gasteiger partial charge in [0, 0.05) is 17.3 Å². The van der Waals surface area contributed by atoms with Crippen molar-refractivity contribution >= 4 is 22.4 Å². The average Bonchev–Trinajstić information content (AvgIpc) is 3.36. The number of amides is 1. The number of carbonyl (C=O) groups is 1. The summed E-state index contributed by atoms with van der Waals surface area (Å²) in [6, 6.07) is 16.2. The van der Waals surface area contributed by atoms with Crippen molar-refractivity contribution in [1.29, 1.82) is 0 Å². The van der Waals surface area contributed by atoms with E-state index in [1.54, 1.807) is 17.1 Å². The summed E-state index contributed by atoms with van der Waals surface area (Å²) in [5.74, 6) is 0.684. The Bertz CT molecular complexity index is 1210. The van der Waals surface area contributed by atoms with Gasteiger partial charge in [-0.3, -0.25) is 4.79 Å². The zero-order chi connectivity index (χ0) is 20.0. The lowest BCUT2D eigenvalue weighted by molar-refractivity contribution is 0.102. The van der Waals surface area contributed by atoms with Crippen LogP contribution in [-0.2, 0) is 12.8 Å². The van der Waals surface area contributed by atoms with Crippen molar-refractivity contribution in [2.75, 3.05) is 5.32 Å². The summed E-state index contributed by atoms with van der Waals surface area (Å²) in [4.78, 5) is 17.6. The van der Waals surface area contributed by atoms with Gasteiger partial charge in [0.25, 0.3) is 5.91 Å². The molecule has 1 amide bonds. The van der Waals surface area contributed by atoms with Crippen molar-refractivity contribution in [2.45, 2.75) is 32.6 Å². The number of nitrogens with one attached hydrogen (secondary N) is 1. The summed E-state index contributed by atoms with van der Waals surface area (Å²) in [5, 5.41) is 9.99. The highest BCUT2D eigenvalue weighted by molar-refractivity contribution is 6.11. The number of pyridine rings is 1. The van der Waals surface area contributed by atoms with Crippen LogP contribution in [0.5, 0.6) is 0 Å². The highest BCUT2D eigenvalue weighted by atomic mass is 16.1. The second-order valence-electron chi connectivity index (χ2n) is 7.76. The molecule has 5 nitrogen and oxygen atoms in total. The van der Waals surface area contributed by atoms with Gasteiger partial charge < -0.3 is 5.32 Å². The van der Waals surface area contributed by atoms with Gasteiger partial charge in [0.1, 0.15) is 0 Å². The van der Waals surface area contributed by atoms with E-state index in [1.165, 1.54) is 16.5 Å². The molecule has 5 heteroatoms. The Balaban J connectivity index is 1.55. The van der Waals surface area contributed by atoms with Crippen molar-refractivity contribution in [3.8, 4) is 5.82 Å². The standard InChI is InChI=1S/C24H22N4O/c1-15(2)23-19(14-26-28(23)21-8-3-4-13-25-21)24(29)27-20-12-11-17-10-9-16-6-5-7-18(20)22(16)17/h3-8,11-15H,9-10H2,1-2H3,(H,27,29). The molecule has 0 aliphatic heterocycles. The van der Waals surface area contributed by atoms with E-state index < -0.39 is 0 Å². The summed E-state index contributed by atoms with van der Waals surface area (Å²) in [5.41, 5.74) is 5.00. The summed E-state index contributed by atoms with van der Waals surface area (Å²) in [7, 11) is 0. The minimum absolute atomic E-state index is 0.119. The van der Waals surface area contributed by atoms with Gasteiger partial charge in [0.15, 0.2) is 5.82 Å². The lowest BCUT2D eigenvalue weighted by atomic mass is 10.0. The van der Waals surface area contributed by atoms with Gasteiger partial charge in [-0.25, -0.2) is 9.67 Å². The summed E-state index contributed by atoms with van der Waals surface area (Å²) in [6.07, 6.45) is 5.50. The Labute approximate surface area is 169 Å². The number of hydrogen-bond donors (Lipinski definition) is 1. The SMILES string of the molecule is CC(C)c1c(C(=O)Nc2ccc3c4c(cccc24)CC3)cnn1-c1ccccn1. The molecular formula is C24H22N4O. The fourth-order valence-corrected chi connectivity index (χ4v) is 4.30. The summed E-state index contributed by atoms with van der Waals surface area (Å²) < 4.78 is 1.76. The first-order valence-corrected chi connectivity index (χ1v) is 9.97. The van der Waals surface area contributed by atoms with Gasteiger partial charge in [-0.2, -0.15) is 5.10 Å². The van der Waals surface area contributed by atoms with Crippen molar-refractivity contribution < 1.29 is 4.79 Å². The van der Waals surface area contributed by atoms with Crippen LogP contribution in [0.2, 0.25) is 0 Å². The van der Waals surface area contributed by atoms with Gasteiger partial charge in [-0.05, 0) is 53.5 Å². The maximum Gasteiger partial charge on any atom is 0.259 e. The van der Waals surface area contributed by atoms with E-state index in [4.69, 9.17) is 0 Å². The van der Waals surface area contributed by atoms with Crippen LogP contribution < -0.4 is 5.32 Å². The second-order valence-corrected chi connectivity index (χ2v) is 7.76. The average molecular weight is 382 g/mol. The first-order valence-electron chi connectivity index (χ1n) is 9.97. The van der Waals surface area contributed by atoms with Crippen molar-refractivity contribution in [1.82, 2.24) is 14.8 Å². The Kier molecular flexibility index (Phi) is 4.16. The fourth-order valence-electron chi connectivity index (χ4n) is 4.30. The minimum atomic E-state index is -0.144. The number of aryl methyl sites for hydroxylation is 2. The quantitative estimate of drug-likeness (QED) is 0.546. The molecule has 1 aliphatic rings. The van der Waals surface area contributed by atoms with Gasteiger partial charge in [-0.1, -0.05) is 44.2 Å². The normalized spacial score (nSPS) is 12.7. The predicted octanol–water partition coefficient (Wildman–Crippen LogP) is 4.89. The van der Waals surface area contributed by atoms with Gasteiger partial charge in [-0.15, -0.1) is 0 Å². The summed E-state index contributed by atoms with van der Waals surface area (Å²) in [6.45, 7) is 4.12. The molecular weight excluding hydrogens is 360 g/mol. The largest absolute Gasteiger partial charge is 0.321 e. The second kappa shape index (κ2) is 6.85. The van der Waals surface area contributed by atoms with Crippen LogP contribution in [0.1, 0.15) is 46.9 Å². The maximum absolute atomic E-state index is 13.2. The Morgan fingerprint density at radius 3 is 2.62 bits per heavy atom. The van der Waals surface area contributed by atoms with E-state index in [2.05, 4.69) is 53.5 Å². The molecule has 2 heterocycles. The molecule has 0 saturated heterocycles. The molecule has 2 aromatic carbocycles. The Morgan fingerprint density at radius 2 is 1.86 bits per heavy atom. The number of anilines is 1. The number of carbonyl (C=O) groups excluding carboxylic acids is 1. The van der Waals surface area contributed by atoms with E-state index >= 15 is 0 Å². The highest BCUT2D eigenvalue weighted by Gasteiger charge is 2.23.